The van der Waals surface area contributed by atoms with E-state index in [9.17, 15) is 4.79 Å². The van der Waals surface area contributed by atoms with E-state index >= 15 is 0 Å². The van der Waals surface area contributed by atoms with Gasteiger partial charge in [0.1, 0.15) is 5.75 Å². The Balaban J connectivity index is 3.33. The van der Waals surface area contributed by atoms with Crippen LogP contribution in [-0.2, 0) is 0 Å². The summed E-state index contributed by atoms with van der Waals surface area (Å²) >= 11 is 7.96. The van der Waals surface area contributed by atoms with Crippen LogP contribution in [0.25, 0.3) is 0 Å². The summed E-state index contributed by atoms with van der Waals surface area (Å²) in [6, 6.07) is 3.38. The number of methoxy groups -OCH3 is 1. The van der Waals surface area contributed by atoms with Crippen molar-refractivity contribution in [3.63, 3.8) is 0 Å². The highest BCUT2D eigenvalue weighted by molar-refractivity contribution is 14.1. The number of hydrogen-bond acceptors (Lipinski definition) is 2. The number of halogens is 2. The zero-order valence-electron chi connectivity index (χ0n) is 7.23. The average Bonchev–Trinajstić information content (AvgIpc) is 2.08. The largest absolute Gasteiger partial charge is 0.496 e. The maximum atomic E-state index is 11.1. The van der Waals surface area contributed by atoms with E-state index in [0.29, 0.717) is 16.3 Å². The van der Waals surface area contributed by atoms with Gasteiger partial charge in [-0.05, 0) is 41.6 Å². The molecule has 0 radical (unpaired) electrons. The Kier molecular flexibility index (Phi) is 3.55. The average molecular weight is 311 g/mol. The minimum atomic E-state index is -0.0462. The first-order valence-corrected chi connectivity index (χ1v) is 5.06. The summed E-state index contributed by atoms with van der Waals surface area (Å²) in [5.74, 6) is 0.524. The lowest BCUT2D eigenvalue weighted by Crippen LogP contribution is -1.98. The van der Waals surface area contributed by atoms with Crippen LogP contribution in [-0.4, -0.2) is 12.9 Å². The Morgan fingerprint density at radius 2 is 2.15 bits per heavy atom. The van der Waals surface area contributed by atoms with Gasteiger partial charge in [0, 0.05) is 3.57 Å². The number of ether oxygens (including phenoxy) is 1. The summed E-state index contributed by atoms with van der Waals surface area (Å²) in [5.41, 5.74) is 0.521. The van der Waals surface area contributed by atoms with Crippen molar-refractivity contribution >= 4 is 40.0 Å². The Morgan fingerprint density at radius 3 is 2.62 bits per heavy atom. The molecule has 0 heterocycles. The van der Waals surface area contributed by atoms with Crippen molar-refractivity contribution < 1.29 is 9.53 Å². The summed E-state index contributed by atoms with van der Waals surface area (Å²) in [5, 5.41) is 0.576. The number of carbonyl (C=O) groups excluding carboxylic acids is 1. The fraction of sp³-hybridized carbons (Fsp3) is 0.222. The molecule has 0 N–H and O–H groups in total. The van der Waals surface area contributed by atoms with Gasteiger partial charge >= 0.3 is 0 Å². The first kappa shape index (κ1) is 10.8. The first-order chi connectivity index (χ1) is 6.06. The normalized spacial score (nSPS) is 9.85. The molecular formula is C9H8ClIO2. The van der Waals surface area contributed by atoms with E-state index in [1.807, 2.05) is 0 Å². The van der Waals surface area contributed by atoms with Crippen LogP contribution in [0.5, 0.6) is 5.75 Å². The molecule has 0 bridgehead atoms. The molecule has 1 aromatic carbocycles. The summed E-state index contributed by atoms with van der Waals surface area (Å²) in [6.07, 6.45) is 0. The highest BCUT2D eigenvalue weighted by Gasteiger charge is 2.10. The predicted molar refractivity (Wildman–Crippen MR) is 60.7 cm³/mol. The van der Waals surface area contributed by atoms with Crippen molar-refractivity contribution in [1.29, 1.82) is 0 Å². The molecule has 0 amide bonds. The summed E-state index contributed by atoms with van der Waals surface area (Å²) in [6.45, 7) is 1.49. The topological polar surface area (TPSA) is 26.3 Å². The summed E-state index contributed by atoms with van der Waals surface area (Å²) < 4.78 is 5.93. The molecule has 13 heavy (non-hydrogen) atoms. The van der Waals surface area contributed by atoms with Gasteiger partial charge in [-0.3, -0.25) is 4.79 Å². The van der Waals surface area contributed by atoms with Crippen LogP contribution in [0.4, 0.5) is 0 Å². The van der Waals surface area contributed by atoms with Gasteiger partial charge < -0.3 is 4.74 Å². The fourth-order valence-electron chi connectivity index (χ4n) is 0.973. The molecule has 1 rings (SSSR count). The molecule has 2 nitrogen and oxygen atoms in total. The number of ketones is 1. The standard InChI is InChI=1S/C9H8ClIO2/c1-5(12)6-3-7(10)8(11)4-9(6)13-2/h3-4H,1-2H3. The third-order valence-corrected chi connectivity index (χ3v) is 3.15. The van der Waals surface area contributed by atoms with Crippen LogP contribution < -0.4 is 4.74 Å². The van der Waals surface area contributed by atoms with Crippen molar-refractivity contribution in [2.45, 2.75) is 6.92 Å². The molecule has 0 saturated carbocycles. The second-order valence-electron chi connectivity index (χ2n) is 2.52. The van der Waals surface area contributed by atoms with Gasteiger partial charge in [0.2, 0.25) is 0 Å². The number of carbonyl (C=O) groups is 1. The molecular weight excluding hydrogens is 302 g/mol. The van der Waals surface area contributed by atoms with E-state index in [-0.39, 0.29) is 5.78 Å². The van der Waals surface area contributed by atoms with Gasteiger partial charge in [-0.1, -0.05) is 11.6 Å². The maximum absolute atomic E-state index is 11.1. The second kappa shape index (κ2) is 4.28. The number of hydrogen-bond donors (Lipinski definition) is 0. The monoisotopic (exact) mass is 310 g/mol. The van der Waals surface area contributed by atoms with E-state index in [1.165, 1.54) is 14.0 Å². The zero-order valence-corrected chi connectivity index (χ0v) is 10.1. The van der Waals surface area contributed by atoms with Gasteiger partial charge in [0.15, 0.2) is 5.78 Å². The van der Waals surface area contributed by atoms with Gasteiger partial charge in [-0.15, -0.1) is 0 Å². The molecule has 0 aliphatic heterocycles. The molecule has 0 unspecified atom stereocenters. The molecule has 0 spiro atoms. The third-order valence-electron chi connectivity index (χ3n) is 1.62. The molecule has 0 aromatic heterocycles. The van der Waals surface area contributed by atoms with Crippen molar-refractivity contribution in [2.75, 3.05) is 7.11 Å². The van der Waals surface area contributed by atoms with E-state index in [2.05, 4.69) is 22.6 Å². The Labute approximate surface area is 95.4 Å². The lowest BCUT2D eigenvalue weighted by molar-refractivity contribution is 0.101. The van der Waals surface area contributed by atoms with Crippen LogP contribution in [0.1, 0.15) is 17.3 Å². The van der Waals surface area contributed by atoms with E-state index < -0.39 is 0 Å². The minimum Gasteiger partial charge on any atom is -0.496 e. The van der Waals surface area contributed by atoms with E-state index in [0.717, 1.165) is 3.57 Å². The lowest BCUT2D eigenvalue weighted by Gasteiger charge is -2.07. The maximum Gasteiger partial charge on any atom is 0.163 e. The van der Waals surface area contributed by atoms with Crippen molar-refractivity contribution in [2.24, 2.45) is 0 Å². The van der Waals surface area contributed by atoms with E-state index in [4.69, 9.17) is 16.3 Å². The fourth-order valence-corrected chi connectivity index (χ4v) is 1.57. The predicted octanol–water partition coefficient (Wildman–Crippen LogP) is 3.16. The van der Waals surface area contributed by atoms with Crippen LogP contribution in [0, 0.1) is 3.57 Å². The van der Waals surface area contributed by atoms with Crippen molar-refractivity contribution in [1.82, 2.24) is 0 Å². The van der Waals surface area contributed by atoms with Crippen LogP contribution in [0.15, 0.2) is 12.1 Å². The molecule has 0 aliphatic rings. The third kappa shape index (κ3) is 2.34. The number of Topliss-reactive ketones (excluding diaryl/α,β-unsaturated/α-hetero) is 1. The second-order valence-corrected chi connectivity index (χ2v) is 4.09. The molecule has 0 saturated heterocycles. The molecule has 0 fully saturated rings. The van der Waals surface area contributed by atoms with Crippen LogP contribution in [0.2, 0.25) is 5.02 Å². The first-order valence-electron chi connectivity index (χ1n) is 3.60. The zero-order chi connectivity index (χ0) is 10.0. The SMILES string of the molecule is COc1cc(I)c(Cl)cc1C(C)=O. The van der Waals surface area contributed by atoms with Gasteiger partial charge in [0.25, 0.3) is 0 Å². The number of benzene rings is 1. The quantitative estimate of drug-likeness (QED) is 0.619. The molecule has 1 aromatic rings. The minimum absolute atomic E-state index is 0.0462. The molecule has 70 valence electrons. The Bertz CT molecular complexity index is 350. The van der Waals surface area contributed by atoms with Crippen molar-refractivity contribution in [3.05, 3.63) is 26.3 Å². The lowest BCUT2D eigenvalue weighted by atomic mass is 10.1. The molecule has 4 heteroatoms. The van der Waals surface area contributed by atoms with Gasteiger partial charge in [-0.25, -0.2) is 0 Å². The van der Waals surface area contributed by atoms with Crippen LogP contribution in [0.3, 0.4) is 0 Å². The molecule has 0 atom stereocenters. The van der Waals surface area contributed by atoms with Crippen LogP contribution >= 0.6 is 34.2 Å². The van der Waals surface area contributed by atoms with Gasteiger partial charge in [-0.2, -0.15) is 0 Å². The molecule has 0 aliphatic carbocycles. The van der Waals surface area contributed by atoms with Crippen molar-refractivity contribution in [3.8, 4) is 5.75 Å². The number of rotatable bonds is 2. The highest BCUT2D eigenvalue weighted by atomic mass is 127. The summed E-state index contributed by atoms with van der Waals surface area (Å²) in [7, 11) is 1.53. The van der Waals surface area contributed by atoms with E-state index in [1.54, 1.807) is 12.1 Å². The Hall–Kier alpha value is -0.290. The van der Waals surface area contributed by atoms with Gasteiger partial charge in [0.05, 0.1) is 17.7 Å². The summed E-state index contributed by atoms with van der Waals surface area (Å²) in [4.78, 5) is 11.1. The smallest absolute Gasteiger partial charge is 0.163 e. The Morgan fingerprint density at radius 1 is 1.54 bits per heavy atom. The highest BCUT2D eigenvalue weighted by Crippen LogP contribution is 2.28.